The van der Waals surface area contributed by atoms with Crippen LogP contribution in [0.5, 0.6) is 0 Å². The third-order valence-corrected chi connectivity index (χ3v) is 2.39. The summed E-state index contributed by atoms with van der Waals surface area (Å²) in [5.41, 5.74) is 1.34. The van der Waals surface area contributed by atoms with Gasteiger partial charge in [0.15, 0.2) is 0 Å². The average Bonchev–Trinajstić information content (AvgIpc) is 1.89. The van der Waals surface area contributed by atoms with Crippen LogP contribution in [0.3, 0.4) is 0 Å². The number of hydrogen-bond acceptors (Lipinski definition) is 0. The molecular weight excluding hydrogens is 195 g/mol. The van der Waals surface area contributed by atoms with Crippen molar-refractivity contribution in [2.45, 2.75) is 6.16 Å². The van der Waals surface area contributed by atoms with E-state index in [1.54, 1.807) is 0 Å². The summed E-state index contributed by atoms with van der Waals surface area (Å²) in [5, 5.41) is 0. The highest BCUT2D eigenvalue weighted by Crippen LogP contribution is 2.17. The summed E-state index contributed by atoms with van der Waals surface area (Å²) in [6.07, 6.45) is 1.02. The average molecular weight is 203 g/mol. The normalized spacial score (nSPS) is 9.56. The molecule has 0 radical (unpaired) electrons. The Morgan fingerprint density at radius 2 is 2.00 bits per heavy atom. The Bertz CT molecular complexity index is 198. The summed E-state index contributed by atoms with van der Waals surface area (Å²) in [4.78, 5) is 0. The van der Waals surface area contributed by atoms with Gasteiger partial charge in [0.05, 0.1) is 0 Å². The molecule has 0 spiro atoms. The molecule has 0 fully saturated rings. The Morgan fingerprint density at radius 3 is 2.44 bits per heavy atom. The molecule has 1 atom stereocenters. The molecule has 1 aromatic rings. The maximum atomic E-state index is 3.44. The van der Waals surface area contributed by atoms with E-state index < -0.39 is 0 Å². The Morgan fingerprint density at radius 1 is 1.33 bits per heavy atom. The summed E-state index contributed by atoms with van der Waals surface area (Å²) in [7, 11) is 2.70. The molecule has 0 bridgehead atoms. The number of hydrogen-bond donors (Lipinski definition) is 0. The van der Waals surface area contributed by atoms with Crippen molar-refractivity contribution in [2.24, 2.45) is 0 Å². The highest BCUT2D eigenvalue weighted by molar-refractivity contribution is 9.10. The summed E-state index contributed by atoms with van der Waals surface area (Å²) < 4.78 is 1.19. The number of rotatable bonds is 1. The Kier molecular flexibility index (Phi) is 2.68. The molecule has 0 saturated heterocycles. The quantitative estimate of drug-likeness (QED) is 0.615. The Labute approximate surface area is 66.0 Å². The maximum Gasteiger partial charge on any atom is 0.0210 e. The zero-order valence-electron chi connectivity index (χ0n) is 4.97. The molecule has 9 heavy (non-hydrogen) atoms. The lowest BCUT2D eigenvalue weighted by molar-refractivity contribution is 1.39. The highest BCUT2D eigenvalue weighted by atomic mass is 79.9. The monoisotopic (exact) mass is 202 g/mol. The molecular formula is C7H8BrP. The first kappa shape index (κ1) is 7.24. The molecule has 0 amide bonds. The standard InChI is InChI=1S/C7H8BrP/c8-7-4-2-1-3-6(7)5-9/h1-4H,5,9H2. The van der Waals surface area contributed by atoms with E-state index in [2.05, 4.69) is 37.3 Å². The third-order valence-electron chi connectivity index (χ3n) is 1.18. The van der Waals surface area contributed by atoms with Gasteiger partial charge in [-0.2, -0.15) is 0 Å². The van der Waals surface area contributed by atoms with E-state index in [9.17, 15) is 0 Å². The van der Waals surface area contributed by atoms with Gasteiger partial charge in [-0.1, -0.05) is 34.1 Å². The van der Waals surface area contributed by atoms with Crippen molar-refractivity contribution in [2.75, 3.05) is 0 Å². The van der Waals surface area contributed by atoms with E-state index >= 15 is 0 Å². The van der Waals surface area contributed by atoms with Crippen LogP contribution in [0.1, 0.15) is 5.56 Å². The van der Waals surface area contributed by atoms with E-state index in [0.717, 1.165) is 6.16 Å². The van der Waals surface area contributed by atoms with Crippen LogP contribution in [-0.2, 0) is 6.16 Å². The van der Waals surface area contributed by atoms with Crippen molar-refractivity contribution in [3.63, 3.8) is 0 Å². The molecule has 0 heterocycles. The third kappa shape index (κ3) is 1.77. The summed E-state index contributed by atoms with van der Waals surface area (Å²) in [6, 6.07) is 8.23. The van der Waals surface area contributed by atoms with Gasteiger partial charge in [0.25, 0.3) is 0 Å². The molecule has 48 valence electrons. The topological polar surface area (TPSA) is 0 Å². The maximum absolute atomic E-state index is 3.44. The second-order valence-corrected chi connectivity index (χ2v) is 3.06. The van der Waals surface area contributed by atoms with Gasteiger partial charge in [-0.3, -0.25) is 0 Å². The predicted molar refractivity (Wildman–Crippen MR) is 47.6 cm³/mol. The highest BCUT2D eigenvalue weighted by Gasteiger charge is 1.91. The van der Waals surface area contributed by atoms with Gasteiger partial charge in [0, 0.05) is 4.47 Å². The molecule has 0 saturated carbocycles. The van der Waals surface area contributed by atoms with E-state index in [1.807, 2.05) is 12.1 Å². The predicted octanol–water partition coefficient (Wildman–Crippen LogP) is 2.82. The van der Waals surface area contributed by atoms with Crippen LogP contribution < -0.4 is 0 Å². The Balaban J connectivity index is 3.01. The minimum atomic E-state index is 1.02. The van der Waals surface area contributed by atoms with E-state index in [1.165, 1.54) is 10.0 Å². The lowest BCUT2D eigenvalue weighted by atomic mass is 10.2. The number of halogens is 1. The summed E-state index contributed by atoms with van der Waals surface area (Å²) >= 11 is 3.44. The van der Waals surface area contributed by atoms with Crippen LogP contribution in [0.2, 0.25) is 0 Å². The number of benzene rings is 1. The van der Waals surface area contributed by atoms with Crippen LogP contribution in [0.4, 0.5) is 0 Å². The fourth-order valence-corrected chi connectivity index (χ4v) is 1.77. The van der Waals surface area contributed by atoms with Gasteiger partial charge in [-0.05, 0) is 17.8 Å². The Hall–Kier alpha value is 0.130. The first-order chi connectivity index (χ1) is 4.34. The fraction of sp³-hybridized carbons (Fsp3) is 0.143. The van der Waals surface area contributed by atoms with E-state index in [4.69, 9.17) is 0 Å². The van der Waals surface area contributed by atoms with Crippen LogP contribution >= 0.6 is 25.2 Å². The summed E-state index contributed by atoms with van der Waals surface area (Å²) in [5.74, 6) is 0. The zero-order chi connectivity index (χ0) is 6.69. The van der Waals surface area contributed by atoms with Crippen LogP contribution in [0.25, 0.3) is 0 Å². The van der Waals surface area contributed by atoms with Crippen molar-refractivity contribution in [3.05, 3.63) is 34.3 Å². The summed E-state index contributed by atoms with van der Waals surface area (Å²) in [6.45, 7) is 0. The van der Waals surface area contributed by atoms with Crippen molar-refractivity contribution in [1.29, 1.82) is 0 Å². The van der Waals surface area contributed by atoms with Gasteiger partial charge in [0.1, 0.15) is 0 Å². The molecule has 0 aliphatic rings. The molecule has 2 heteroatoms. The first-order valence-electron chi connectivity index (χ1n) is 2.78. The van der Waals surface area contributed by atoms with E-state index in [0.29, 0.717) is 0 Å². The fourth-order valence-electron chi connectivity index (χ4n) is 0.664. The van der Waals surface area contributed by atoms with Gasteiger partial charge in [-0.15, -0.1) is 9.24 Å². The lowest BCUT2D eigenvalue weighted by Crippen LogP contribution is -1.76. The minimum Gasteiger partial charge on any atom is -0.133 e. The molecule has 0 aromatic heterocycles. The second kappa shape index (κ2) is 3.34. The van der Waals surface area contributed by atoms with Crippen molar-refractivity contribution >= 4 is 25.2 Å². The van der Waals surface area contributed by atoms with E-state index in [-0.39, 0.29) is 0 Å². The molecule has 1 unspecified atom stereocenters. The smallest absolute Gasteiger partial charge is 0.0210 e. The molecule has 1 rings (SSSR count). The van der Waals surface area contributed by atoms with Crippen molar-refractivity contribution < 1.29 is 0 Å². The minimum absolute atomic E-state index is 1.02. The van der Waals surface area contributed by atoms with Crippen LogP contribution in [0, 0.1) is 0 Å². The second-order valence-electron chi connectivity index (χ2n) is 1.80. The van der Waals surface area contributed by atoms with Gasteiger partial charge in [0.2, 0.25) is 0 Å². The molecule has 0 aliphatic carbocycles. The SMILES string of the molecule is PCc1ccccc1Br. The molecule has 1 aromatic carbocycles. The van der Waals surface area contributed by atoms with Gasteiger partial charge < -0.3 is 0 Å². The van der Waals surface area contributed by atoms with Gasteiger partial charge in [-0.25, -0.2) is 0 Å². The van der Waals surface area contributed by atoms with Crippen molar-refractivity contribution in [1.82, 2.24) is 0 Å². The van der Waals surface area contributed by atoms with Crippen LogP contribution in [-0.4, -0.2) is 0 Å². The van der Waals surface area contributed by atoms with Gasteiger partial charge >= 0.3 is 0 Å². The first-order valence-corrected chi connectivity index (χ1v) is 4.39. The molecule has 0 nitrogen and oxygen atoms in total. The molecule has 0 N–H and O–H groups in total. The largest absolute Gasteiger partial charge is 0.133 e. The van der Waals surface area contributed by atoms with Crippen LogP contribution in [0.15, 0.2) is 28.7 Å². The zero-order valence-corrected chi connectivity index (χ0v) is 7.71. The van der Waals surface area contributed by atoms with Crippen molar-refractivity contribution in [3.8, 4) is 0 Å². The lowest BCUT2D eigenvalue weighted by Gasteiger charge is -1.96. The molecule has 0 aliphatic heterocycles.